The Bertz CT molecular complexity index is 323. The van der Waals surface area contributed by atoms with Gasteiger partial charge in [-0.15, -0.1) is 0 Å². The lowest BCUT2D eigenvalue weighted by atomic mass is 9.86. The van der Waals surface area contributed by atoms with Gasteiger partial charge in [0.25, 0.3) is 0 Å². The monoisotopic (exact) mass is 288 g/mol. The molecule has 0 saturated carbocycles. The van der Waals surface area contributed by atoms with Gasteiger partial charge >= 0.3 is 0 Å². The lowest BCUT2D eigenvalue weighted by Gasteiger charge is -2.19. The predicted octanol–water partition coefficient (Wildman–Crippen LogP) is 3.40. The maximum atomic E-state index is 10.6. The summed E-state index contributed by atoms with van der Waals surface area (Å²) in [7, 11) is 0. The van der Waals surface area contributed by atoms with Crippen LogP contribution >= 0.6 is 22.6 Å². The Balaban J connectivity index is 3.24. The second-order valence-electron chi connectivity index (χ2n) is 4.14. The number of rotatable bonds is 1. The molecule has 0 bridgehead atoms. The summed E-state index contributed by atoms with van der Waals surface area (Å²) in [6.45, 7) is 6.44. The SMILES string of the molecule is CC(C)(C)c1cc(I)cc(C=O)c1. The molecule has 0 aromatic heterocycles. The van der Waals surface area contributed by atoms with Gasteiger partial charge in [-0.1, -0.05) is 20.8 Å². The van der Waals surface area contributed by atoms with E-state index in [1.54, 1.807) is 0 Å². The van der Waals surface area contributed by atoms with Crippen molar-refractivity contribution in [3.63, 3.8) is 0 Å². The van der Waals surface area contributed by atoms with Crippen molar-refractivity contribution in [2.75, 3.05) is 0 Å². The number of carbonyl (C=O) groups excluding carboxylic acids is 1. The van der Waals surface area contributed by atoms with Crippen molar-refractivity contribution in [2.24, 2.45) is 0 Å². The van der Waals surface area contributed by atoms with Gasteiger partial charge in [-0.3, -0.25) is 4.79 Å². The maximum Gasteiger partial charge on any atom is 0.150 e. The Kier molecular flexibility index (Phi) is 3.11. The molecular weight excluding hydrogens is 275 g/mol. The van der Waals surface area contributed by atoms with E-state index < -0.39 is 0 Å². The molecule has 0 heterocycles. The van der Waals surface area contributed by atoms with Crippen LogP contribution in [0.1, 0.15) is 36.7 Å². The highest BCUT2D eigenvalue weighted by Gasteiger charge is 2.14. The number of carbonyl (C=O) groups is 1. The quantitative estimate of drug-likeness (QED) is 0.572. The number of hydrogen-bond acceptors (Lipinski definition) is 1. The Labute approximate surface area is 92.7 Å². The van der Waals surface area contributed by atoms with Gasteiger partial charge in [0.1, 0.15) is 6.29 Å². The molecule has 1 rings (SSSR count). The van der Waals surface area contributed by atoms with Crippen LogP contribution in [0.15, 0.2) is 18.2 Å². The molecule has 0 unspecified atom stereocenters. The lowest BCUT2D eigenvalue weighted by molar-refractivity contribution is 0.112. The molecule has 0 radical (unpaired) electrons. The van der Waals surface area contributed by atoms with E-state index in [0.29, 0.717) is 0 Å². The highest BCUT2D eigenvalue weighted by atomic mass is 127. The first-order chi connectivity index (χ1) is 5.93. The van der Waals surface area contributed by atoms with E-state index in [4.69, 9.17) is 0 Å². The molecule has 13 heavy (non-hydrogen) atoms. The van der Waals surface area contributed by atoms with Gasteiger partial charge in [-0.2, -0.15) is 0 Å². The minimum absolute atomic E-state index is 0.110. The first-order valence-electron chi connectivity index (χ1n) is 4.20. The second kappa shape index (κ2) is 3.78. The molecule has 0 aliphatic carbocycles. The third kappa shape index (κ3) is 2.79. The summed E-state index contributed by atoms with van der Waals surface area (Å²) in [4.78, 5) is 10.6. The van der Waals surface area contributed by atoms with Crippen molar-refractivity contribution < 1.29 is 4.79 Å². The maximum absolute atomic E-state index is 10.6. The van der Waals surface area contributed by atoms with Crippen LogP contribution in [0.4, 0.5) is 0 Å². The van der Waals surface area contributed by atoms with Gasteiger partial charge in [-0.25, -0.2) is 0 Å². The molecule has 0 atom stereocenters. The molecule has 1 nitrogen and oxygen atoms in total. The van der Waals surface area contributed by atoms with E-state index in [-0.39, 0.29) is 5.41 Å². The molecule has 0 spiro atoms. The van der Waals surface area contributed by atoms with E-state index in [2.05, 4.69) is 49.4 Å². The first-order valence-corrected chi connectivity index (χ1v) is 5.27. The zero-order chi connectivity index (χ0) is 10.1. The average Bonchev–Trinajstić information content (AvgIpc) is 2.01. The molecule has 0 saturated heterocycles. The van der Waals surface area contributed by atoms with Gasteiger partial charge in [-0.05, 0) is 51.8 Å². The van der Waals surface area contributed by atoms with Gasteiger partial charge in [0, 0.05) is 9.13 Å². The van der Waals surface area contributed by atoms with Gasteiger partial charge < -0.3 is 0 Å². The van der Waals surface area contributed by atoms with Gasteiger partial charge in [0.2, 0.25) is 0 Å². The summed E-state index contributed by atoms with van der Waals surface area (Å²) >= 11 is 2.24. The fourth-order valence-corrected chi connectivity index (χ4v) is 1.81. The lowest BCUT2D eigenvalue weighted by Crippen LogP contribution is -2.11. The molecule has 1 aromatic carbocycles. The largest absolute Gasteiger partial charge is 0.298 e. The van der Waals surface area contributed by atoms with E-state index in [0.717, 1.165) is 15.4 Å². The molecule has 70 valence electrons. The predicted molar refractivity (Wildman–Crippen MR) is 63.2 cm³/mol. The molecular formula is C11H13IO. The molecule has 0 aliphatic heterocycles. The molecule has 0 aliphatic rings. The Morgan fingerprint density at radius 1 is 1.23 bits per heavy atom. The molecule has 0 fully saturated rings. The van der Waals surface area contributed by atoms with Crippen molar-refractivity contribution in [3.05, 3.63) is 32.9 Å². The molecule has 1 aromatic rings. The minimum atomic E-state index is 0.110. The van der Waals surface area contributed by atoms with Crippen molar-refractivity contribution >= 4 is 28.9 Å². The smallest absolute Gasteiger partial charge is 0.150 e. The van der Waals surface area contributed by atoms with E-state index in [9.17, 15) is 4.79 Å². The molecule has 2 heteroatoms. The molecule has 0 amide bonds. The summed E-state index contributed by atoms with van der Waals surface area (Å²) in [6, 6.07) is 5.96. The topological polar surface area (TPSA) is 17.1 Å². The average molecular weight is 288 g/mol. The van der Waals surface area contributed by atoms with E-state index >= 15 is 0 Å². The molecule has 0 N–H and O–H groups in total. The van der Waals surface area contributed by atoms with E-state index in [1.807, 2.05) is 12.1 Å². The van der Waals surface area contributed by atoms with Crippen LogP contribution in [0.25, 0.3) is 0 Å². The number of hydrogen-bond donors (Lipinski definition) is 0. The Morgan fingerprint density at radius 2 is 1.85 bits per heavy atom. The van der Waals surface area contributed by atoms with Crippen molar-refractivity contribution in [1.29, 1.82) is 0 Å². The number of benzene rings is 1. The van der Waals surface area contributed by atoms with Crippen LogP contribution in [0.2, 0.25) is 0 Å². The van der Waals surface area contributed by atoms with Crippen LogP contribution < -0.4 is 0 Å². The zero-order valence-electron chi connectivity index (χ0n) is 8.10. The van der Waals surface area contributed by atoms with Crippen LogP contribution in [-0.2, 0) is 5.41 Å². The second-order valence-corrected chi connectivity index (χ2v) is 5.39. The third-order valence-electron chi connectivity index (χ3n) is 1.92. The first kappa shape index (κ1) is 10.7. The van der Waals surface area contributed by atoms with Crippen LogP contribution in [0.5, 0.6) is 0 Å². The Hall–Kier alpha value is -0.380. The fourth-order valence-electron chi connectivity index (χ4n) is 1.11. The van der Waals surface area contributed by atoms with Crippen molar-refractivity contribution in [2.45, 2.75) is 26.2 Å². The summed E-state index contributed by atoms with van der Waals surface area (Å²) < 4.78 is 1.12. The van der Waals surface area contributed by atoms with Crippen molar-refractivity contribution in [1.82, 2.24) is 0 Å². The summed E-state index contributed by atoms with van der Waals surface area (Å²) in [6.07, 6.45) is 0.900. The standard InChI is InChI=1S/C11H13IO/c1-11(2,3)9-4-8(7-13)5-10(12)6-9/h4-7H,1-3H3. The summed E-state index contributed by atoms with van der Waals surface area (Å²) in [5, 5.41) is 0. The fraction of sp³-hybridized carbons (Fsp3) is 0.364. The van der Waals surface area contributed by atoms with Crippen LogP contribution in [-0.4, -0.2) is 6.29 Å². The summed E-state index contributed by atoms with van der Waals surface area (Å²) in [5.41, 5.74) is 2.08. The minimum Gasteiger partial charge on any atom is -0.298 e. The number of aldehydes is 1. The zero-order valence-corrected chi connectivity index (χ0v) is 10.3. The summed E-state index contributed by atoms with van der Waals surface area (Å²) in [5.74, 6) is 0. The van der Waals surface area contributed by atoms with Crippen LogP contribution in [0, 0.1) is 3.57 Å². The highest BCUT2D eigenvalue weighted by molar-refractivity contribution is 14.1. The normalized spacial score (nSPS) is 11.4. The highest BCUT2D eigenvalue weighted by Crippen LogP contribution is 2.24. The third-order valence-corrected chi connectivity index (χ3v) is 2.55. The number of halogens is 1. The van der Waals surface area contributed by atoms with Crippen molar-refractivity contribution in [3.8, 4) is 0 Å². The van der Waals surface area contributed by atoms with E-state index in [1.165, 1.54) is 5.56 Å². The van der Waals surface area contributed by atoms with Gasteiger partial charge in [0.15, 0.2) is 0 Å². The Morgan fingerprint density at radius 3 is 2.31 bits per heavy atom. The van der Waals surface area contributed by atoms with Gasteiger partial charge in [0.05, 0.1) is 0 Å². The van der Waals surface area contributed by atoms with Crippen LogP contribution in [0.3, 0.4) is 0 Å².